The summed E-state index contributed by atoms with van der Waals surface area (Å²) >= 11 is 0. The lowest BCUT2D eigenvalue weighted by molar-refractivity contribution is -0.149. The number of ether oxygens (including phenoxy) is 1. The Labute approximate surface area is 214 Å². The maximum Gasteiger partial charge on any atom is 0.421 e. The molecular weight excluding hydrogens is 489 g/mol. The van der Waals surface area contributed by atoms with Crippen LogP contribution < -0.4 is 10.6 Å². The Bertz CT molecular complexity index is 1100. The van der Waals surface area contributed by atoms with E-state index in [0.717, 1.165) is 32.1 Å². The van der Waals surface area contributed by atoms with Gasteiger partial charge in [0.15, 0.2) is 0 Å². The van der Waals surface area contributed by atoms with Crippen molar-refractivity contribution in [3.8, 4) is 0 Å². The normalized spacial score (nSPS) is 20.8. The van der Waals surface area contributed by atoms with Crippen LogP contribution in [0.4, 0.5) is 30.6 Å². The van der Waals surface area contributed by atoms with E-state index >= 15 is 0 Å². The predicted molar refractivity (Wildman–Crippen MR) is 133 cm³/mol. The Morgan fingerprint density at radius 1 is 1.27 bits per heavy atom. The third kappa shape index (κ3) is 6.50. The van der Waals surface area contributed by atoms with Crippen molar-refractivity contribution in [3.05, 3.63) is 23.7 Å². The standard InChI is InChI=1S/C24H35F3N8O2/c1-16-19(15-35(32-16)17-7-11-33(4)14-17)30-22-29-13-18(24(25,26)27)20(31-22)28-8-5-9-34-10-6-12-37-23(2,3)21(34)36/h13,15,17H,5-12,14H2,1-4H3,(H2,28,29,30,31). The smallest absolute Gasteiger partial charge is 0.369 e. The van der Waals surface area contributed by atoms with Gasteiger partial charge in [0.1, 0.15) is 17.0 Å². The molecule has 2 saturated heterocycles. The number of halogens is 3. The topological polar surface area (TPSA) is 100 Å². The number of alkyl halides is 3. The average molecular weight is 525 g/mol. The van der Waals surface area contributed by atoms with Gasteiger partial charge in [0.25, 0.3) is 5.91 Å². The van der Waals surface area contributed by atoms with Gasteiger partial charge in [-0.05, 0) is 53.6 Å². The molecule has 0 aromatic carbocycles. The quantitative estimate of drug-likeness (QED) is 0.507. The van der Waals surface area contributed by atoms with E-state index < -0.39 is 17.3 Å². The van der Waals surface area contributed by atoms with Crippen LogP contribution in [0.5, 0.6) is 0 Å². The molecule has 4 heterocycles. The van der Waals surface area contributed by atoms with Crippen molar-refractivity contribution in [2.45, 2.75) is 57.9 Å². The summed E-state index contributed by atoms with van der Waals surface area (Å²) in [6.07, 6.45) is 0.161. The zero-order chi connectivity index (χ0) is 26.8. The molecule has 1 unspecified atom stereocenters. The molecule has 1 atom stereocenters. The molecule has 2 aliphatic heterocycles. The SMILES string of the molecule is Cc1nn(C2CCN(C)C2)cc1Nc1ncc(C(F)(F)F)c(NCCCN2CCCOC(C)(C)C2=O)n1. The summed E-state index contributed by atoms with van der Waals surface area (Å²) in [5.41, 5.74) is -0.494. The fourth-order valence-electron chi connectivity index (χ4n) is 4.64. The Balaban J connectivity index is 1.42. The van der Waals surface area contributed by atoms with Gasteiger partial charge >= 0.3 is 6.18 Å². The molecular formula is C24H35F3N8O2. The Hall–Kier alpha value is -2.93. The second-order valence-corrected chi connectivity index (χ2v) is 10.2. The number of nitrogens with one attached hydrogen (secondary N) is 2. The number of amides is 1. The summed E-state index contributed by atoms with van der Waals surface area (Å²) in [5, 5.41) is 10.4. The molecule has 37 heavy (non-hydrogen) atoms. The number of carbonyl (C=O) groups is 1. The highest BCUT2D eigenvalue weighted by molar-refractivity contribution is 5.84. The van der Waals surface area contributed by atoms with Gasteiger partial charge in [-0.1, -0.05) is 0 Å². The summed E-state index contributed by atoms with van der Waals surface area (Å²) < 4.78 is 48.4. The van der Waals surface area contributed by atoms with E-state index in [-0.39, 0.29) is 30.3 Å². The maximum absolute atomic E-state index is 13.6. The molecule has 2 aromatic rings. The minimum atomic E-state index is -4.61. The van der Waals surface area contributed by atoms with Crippen LogP contribution in [0.1, 0.15) is 50.4 Å². The number of carbonyl (C=O) groups excluding carboxylic acids is 1. The first-order valence-corrected chi connectivity index (χ1v) is 12.6. The fourth-order valence-corrected chi connectivity index (χ4v) is 4.64. The number of nitrogens with zero attached hydrogens (tertiary/aromatic N) is 6. The van der Waals surface area contributed by atoms with Crippen molar-refractivity contribution in [2.24, 2.45) is 0 Å². The van der Waals surface area contributed by atoms with Crippen LogP contribution >= 0.6 is 0 Å². The van der Waals surface area contributed by atoms with Crippen LogP contribution in [0, 0.1) is 6.92 Å². The second kappa shape index (κ2) is 10.8. The van der Waals surface area contributed by atoms with Crippen LogP contribution in [0.15, 0.2) is 12.4 Å². The van der Waals surface area contributed by atoms with Crippen LogP contribution in [0.2, 0.25) is 0 Å². The molecule has 2 aromatic heterocycles. The van der Waals surface area contributed by atoms with Crippen molar-refractivity contribution in [1.29, 1.82) is 0 Å². The molecule has 10 nitrogen and oxygen atoms in total. The first kappa shape index (κ1) is 27.1. The molecule has 2 N–H and O–H groups in total. The zero-order valence-electron chi connectivity index (χ0n) is 21.7. The summed E-state index contributed by atoms with van der Waals surface area (Å²) in [7, 11) is 2.06. The highest BCUT2D eigenvalue weighted by Crippen LogP contribution is 2.34. The van der Waals surface area contributed by atoms with Gasteiger partial charge in [0, 0.05) is 45.2 Å². The molecule has 204 valence electrons. The Morgan fingerprint density at radius 2 is 2.05 bits per heavy atom. The summed E-state index contributed by atoms with van der Waals surface area (Å²) in [5.74, 6) is -0.378. The number of hydrogen-bond donors (Lipinski definition) is 2. The van der Waals surface area contributed by atoms with E-state index in [1.54, 1.807) is 18.7 Å². The monoisotopic (exact) mass is 524 g/mol. The van der Waals surface area contributed by atoms with Crippen LogP contribution in [0.3, 0.4) is 0 Å². The molecule has 0 aliphatic carbocycles. The highest BCUT2D eigenvalue weighted by atomic mass is 19.4. The first-order chi connectivity index (χ1) is 17.4. The van der Waals surface area contributed by atoms with Gasteiger partial charge in [-0.25, -0.2) is 4.98 Å². The predicted octanol–water partition coefficient (Wildman–Crippen LogP) is 3.45. The minimum Gasteiger partial charge on any atom is -0.369 e. The van der Waals surface area contributed by atoms with Crippen LogP contribution in [-0.2, 0) is 15.7 Å². The highest BCUT2D eigenvalue weighted by Gasteiger charge is 2.36. The average Bonchev–Trinajstić information content (AvgIpc) is 3.38. The number of likely N-dealkylation sites (N-methyl/N-ethyl adjacent to an activating group) is 1. The Morgan fingerprint density at radius 3 is 2.76 bits per heavy atom. The summed E-state index contributed by atoms with van der Waals surface area (Å²) in [4.78, 5) is 24.6. The van der Waals surface area contributed by atoms with E-state index in [4.69, 9.17) is 4.74 Å². The van der Waals surface area contributed by atoms with E-state index in [2.05, 4.69) is 37.6 Å². The number of hydrogen-bond acceptors (Lipinski definition) is 8. The zero-order valence-corrected chi connectivity index (χ0v) is 21.7. The Kier molecular flexibility index (Phi) is 7.93. The van der Waals surface area contributed by atoms with E-state index in [9.17, 15) is 18.0 Å². The van der Waals surface area contributed by atoms with Crippen molar-refractivity contribution in [3.63, 3.8) is 0 Å². The number of rotatable bonds is 8. The van der Waals surface area contributed by atoms with Gasteiger partial charge in [-0.2, -0.15) is 23.3 Å². The van der Waals surface area contributed by atoms with Crippen molar-refractivity contribution in [2.75, 3.05) is 57.0 Å². The number of anilines is 3. The number of likely N-dealkylation sites (tertiary alicyclic amines) is 1. The molecule has 0 bridgehead atoms. The van der Waals surface area contributed by atoms with E-state index in [0.29, 0.717) is 37.5 Å². The lowest BCUT2D eigenvalue weighted by Crippen LogP contribution is -2.45. The van der Waals surface area contributed by atoms with Crippen molar-refractivity contribution < 1.29 is 22.7 Å². The van der Waals surface area contributed by atoms with Crippen molar-refractivity contribution in [1.82, 2.24) is 29.5 Å². The molecule has 0 spiro atoms. The molecule has 4 rings (SSSR count). The number of aryl methyl sites for hydroxylation is 1. The molecule has 0 saturated carbocycles. The first-order valence-electron chi connectivity index (χ1n) is 12.6. The molecule has 2 aliphatic rings. The van der Waals surface area contributed by atoms with Gasteiger partial charge in [0.2, 0.25) is 5.95 Å². The molecule has 1 amide bonds. The van der Waals surface area contributed by atoms with E-state index in [1.807, 2.05) is 17.8 Å². The second-order valence-electron chi connectivity index (χ2n) is 10.2. The van der Waals surface area contributed by atoms with Gasteiger partial charge < -0.3 is 25.2 Å². The molecule has 13 heteroatoms. The lowest BCUT2D eigenvalue weighted by Gasteiger charge is -2.28. The lowest BCUT2D eigenvalue weighted by atomic mass is 10.1. The molecule has 0 radical (unpaired) electrons. The van der Waals surface area contributed by atoms with Gasteiger partial charge in [0.05, 0.1) is 17.4 Å². The minimum absolute atomic E-state index is 0.0447. The molecule has 2 fully saturated rings. The number of aromatic nitrogens is 4. The van der Waals surface area contributed by atoms with Gasteiger partial charge in [-0.15, -0.1) is 0 Å². The van der Waals surface area contributed by atoms with Crippen LogP contribution in [-0.4, -0.2) is 87.4 Å². The largest absolute Gasteiger partial charge is 0.421 e. The third-order valence-corrected chi connectivity index (χ3v) is 6.73. The van der Waals surface area contributed by atoms with Crippen LogP contribution in [0.25, 0.3) is 0 Å². The van der Waals surface area contributed by atoms with Crippen molar-refractivity contribution >= 4 is 23.4 Å². The summed E-state index contributed by atoms with van der Waals surface area (Å²) in [6.45, 7) is 8.83. The maximum atomic E-state index is 13.6. The van der Waals surface area contributed by atoms with E-state index in [1.165, 1.54) is 0 Å². The van der Waals surface area contributed by atoms with Gasteiger partial charge in [-0.3, -0.25) is 9.48 Å². The third-order valence-electron chi connectivity index (χ3n) is 6.73. The summed E-state index contributed by atoms with van der Waals surface area (Å²) in [6, 6.07) is 0.248. The fraction of sp³-hybridized carbons (Fsp3) is 0.667.